The number of hydrogen-bond donors (Lipinski definition) is 0. The van der Waals surface area contributed by atoms with Crippen LogP contribution in [0.3, 0.4) is 0 Å². The number of nitriles is 9. The van der Waals surface area contributed by atoms with Crippen molar-refractivity contribution >= 4 is 43.6 Å². The van der Waals surface area contributed by atoms with Crippen molar-refractivity contribution in [2.75, 3.05) is 0 Å². The largest absolute Gasteiger partial charge is 0.309 e. The van der Waals surface area contributed by atoms with Gasteiger partial charge in [0.1, 0.15) is 0 Å². The van der Waals surface area contributed by atoms with Crippen LogP contribution in [0.15, 0.2) is 267 Å². The molecule has 0 N–H and O–H groups in total. The minimum Gasteiger partial charge on any atom is -0.309 e. The average molecular weight is 1320 g/mol. The molecular weight excluding hydrogens is 1280 g/mol. The molecule has 13 aromatic carbocycles. The van der Waals surface area contributed by atoms with Gasteiger partial charge in [0.05, 0.1) is 138 Å². The molecule has 3 heterocycles. The number of rotatable bonds is 11. The lowest BCUT2D eigenvalue weighted by atomic mass is 9.92. The van der Waals surface area contributed by atoms with Crippen molar-refractivity contribution in [2.45, 2.75) is 0 Å². The van der Waals surface area contributed by atoms with Crippen LogP contribution in [0.2, 0.25) is 0 Å². The van der Waals surface area contributed by atoms with Gasteiger partial charge in [0, 0.05) is 49.4 Å². The highest BCUT2D eigenvalue weighted by atomic mass is 15.0. The predicted octanol–water partition coefficient (Wildman–Crippen LogP) is 19.9. The van der Waals surface area contributed by atoms with Crippen LogP contribution in [0, 0.1) is 102 Å². The Morgan fingerprint density at radius 1 is 0.202 bits per heavy atom. The lowest BCUT2D eigenvalue weighted by Crippen LogP contribution is -2.04. The Morgan fingerprint density at radius 3 is 0.798 bits per heavy atom. The van der Waals surface area contributed by atoms with Gasteiger partial charge in [-0.15, -0.1) is 0 Å². The lowest BCUT2D eigenvalue weighted by Gasteiger charge is -2.21. The van der Waals surface area contributed by atoms with Gasteiger partial charge < -0.3 is 9.13 Å². The zero-order chi connectivity index (χ0) is 71.1. The van der Waals surface area contributed by atoms with E-state index in [0.29, 0.717) is 123 Å². The fraction of sp³-hybridized carbons (Fsp3) is 0. The van der Waals surface area contributed by atoms with Crippen LogP contribution in [-0.4, -0.2) is 24.1 Å². The molecule has 0 aliphatic heterocycles. The number of nitrogens with zero attached hydrogens (tertiary/aromatic N) is 14. The van der Waals surface area contributed by atoms with E-state index in [4.69, 9.17) is 15.0 Å². The maximum atomic E-state index is 10.9. The highest BCUT2D eigenvalue weighted by Crippen LogP contribution is 2.47. The van der Waals surface area contributed by atoms with Gasteiger partial charge in [0.15, 0.2) is 17.5 Å². The zero-order valence-electron chi connectivity index (χ0n) is 54.7. The molecule has 14 nitrogen and oxygen atoms in total. The van der Waals surface area contributed by atoms with E-state index < -0.39 is 0 Å². The first kappa shape index (κ1) is 62.7. The van der Waals surface area contributed by atoms with Crippen LogP contribution >= 0.6 is 0 Å². The van der Waals surface area contributed by atoms with Gasteiger partial charge in [-0.25, -0.2) is 15.0 Å². The lowest BCUT2D eigenvalue weighted by molar-refractivity contribution is 1.07. The van der Waals surface area contributed by atoms with E-state index in [1.807, 2.05) is 140 Å². The molecule has 0 aliphatic carbocycles. The van der Waals surface area contributed by atoms with Crippen LogP contribution in [0.1, 0.15) is 50.1 Å². The standard InChI is InChI=1S/C90H44N14/c91-45-54-27-55(46-92)32-71(31-54)64-15-21-82-76(39-64)77-40-65(72-33-56(47-93)28-57(34-72)48-94)16-22-83(77)103(82)86-25-19-68(75-14-8-7-13-70(75)53-99)43-80(86)81-44-69(90-101-88(62-9-3-1-4-10-62)100-89(102-90)63-11-5-2-6-12-63)20-26-87(81)104-84-23-17-66(73-35-58(49-95)29-59(36-73)50-96)41-78(84)79-42-67(18-24-85(79)104)74-37-60(51-97)30-61(38-74)52-98/h1-44H. The number of hydrogen-bond acceptors (Lipinski definition) is 12. The average Bonchev–Trinajstić information content (AvgIpc) is 1.55. The second-order valence-corrected chi connectivity index (χ2v) is 24.8. The molecule has 0 saturated carbocycles. The third kappa shape index (κ3) is 11.2. The molecule has 16 rings (SSSR count). The Balaban J connectivity index is 1.04. The molecule has 474 valence electrons. The minimum atomic E-state index is 0.322. The van der Waals surface area contributed by atoms with Crippen molar-refractivity contribution < 1.29 is 0 Å². The topological polar surface area (TPSA) is 263 Å². The monoisotopic (exact) mass is 1320 g/mol. The summed E-state index contributed by atoms with van der Waals surface area (Å²) >= 11 is 0. The summed E-state index contributed by atoms with van der Waals surface area (Å²) in [5, 5.41) is 95.8. The van der Waals surface area contributed by atoms with Crippen molar-refractivity contribution in [3.63, 3.8) is 0 Å². The highest BCUT2D eigenvalue weighted by Gasteiger charge is 2.26. The molecule has 0 spiro atoms. The van der Waals surface area contributed by atoms with Gasteiger partial charge in [-0.1, -0.05) is 109 Å². The molecule has 16 aromatic rings. The molecule has 0 radical (unpaired) electrons. The molecule has 0 fully saturated rings. The normalized spacial score (nSPS) is 10.8. The van der Waals surface area contributed by atoms with Crippen LogP contribution in [0.4, 0.5) is 0 Å². The van der Waals surface area contributed by atoms with Gasteiger partial charge in [-0.05, 0) is 213 Å². The number of benzene rings is 13. The first-order valence-corrected chi connectivity index (χ1v) is 32.7. The fourth-order valence-corrected chi connectivity index (χ4v) is 13.9. The maximum Gasteiger partial charge on any atom is 0.164 e. The summed E-state index contributed by atoms with van der Waals surface area (Å²) in [5.74, 6) is 1.27. The number of fused-ring (bicyclic) bond motifs is 6. The maximum absolute atomic E-state index is 10.9. The SMILES string of the molecule is N#Cc1cc(C#N)cc(-c2ccc3c(c2)c2cc(-c4cc(C#N)cc(C#N)c4)ccc2n3-c2ccc(-c3nc(-c4ccccc4)nc(-c4ccccc4)n3)cc2-c2cc(-c3ccccc3C#N)ccc2-n2c3ccc(-c4cc(C#N)cc(C#N)c4)cc3c3cc(-c4cc(C#N)cc(C#N)c4)ccc32)c1. The quantitative estimate of drug-likeness (QED) is 0.117. The van der Waals surface area contributed by atoms with E-state index in [9.17, 15) is 47.4 Å². The van der Waals surface area contributed by atoms with Gasteiger partial charge >= 0.3 is 0 Å². The molecule has 0 saturated heterocycles. The molecule has 0 amide bonds. The fourth-order valence-electron chi connectivity index (χ4n) is 13.9. The summed E-state index contributed by atoms with van der Waals surface area (Å²) in [4.78, 5) is 15.6. The third-order valence-electron chi connectivity index (χ3n) is 18.7. The minimum absolute atomic E-state index is 0.322. The van der Waals surface area contributed by atoms with Crippen molar-refractivity contribution in [3.05, 3.63) is 317 Å². The summed E-state index contributed by atoms with van der Waals surface area (Å²) in [5.41, 5.74) is 18.0. The second kappa shape index (κ2) is 26.0. The highest BCUT2D eigenvalue weighted by molar-refractivity contribution is 6.14. The smallest absolute Gasteiger partial charge is 0.164 e. The van der Waals surface area contributed by atoms with Gasteiger partial charge in [0.25, 0.3) is 0 Å². The second-order valence-electron chi connectivity index (χ2n) is 24.8. The molecule has 0 atom stereocenters. The van der Waals surface area contributed by atoms with Crippen LogP contribution in [0.5, 0.6) is 0 Å². The van der Waals surface area contributed by atoms with E-state index in [1.54, 1.807) is 78.9 Å². The Bertz CT molecular complexity index is 6340. The van der Waals surface area contributed by atoms with E-state index in [1.165, 1.54) is 0 Å². The van der Waals surface area contributed by atoms with Crippen molar-refractivity contribution in [3.8, 4) is 167 Å². The molecule has 0 aliphatic rings. The van der Waals surface area contributed by atoms with E-state index in [0.717, 1.165) is 82.6 Å². The van der Waals surface area contributed by atoms with Crippen LogP contribution in [0.25, 0.3) is 156 Å². The summed E-state index contributed by atoms with van der Waals surface area (Å²) in [6.07, 6.45) is 0. The first-order chi connectivity index (χ1) is 51.0. The summed E-state index contributed by atoms with van der Waals surface area (Å²) in [6, 6.07) is 104. The molecule has 3 aromatic heterocycles. The Hall–Kier alpha value is -16.1. The van der Waals surface area contributed by atoms with Crippen LogP contribution < -0.4 is 0 Å². The van der Waals surface area contributed by atoms with Gasteiger partial charge in [-0.2, -0.15) is 47.4 Å². The van der Waals surface area contributed by atoms with E-state index in [2.05, 4.69) is 112 Å². The van der Waals surface area contributed by atoms with Crippen molar-refractivity contribution in [1.29, 1.82) is 47.4 Å². The molecular formula is C90H44N14. The molecule has 0 unspecified atom stereocenters. The Kier molecular flexibility index (Phi) is 15.7. The first-order valence-electron chi connectivity index (χ1n) is 32.7. The van der Waals surface area contributed by atoms with Crippen molar-refractivity contribution in [2.24, 2.45) is 0 Å². The van der Waals surface area contributed by atoms with Gasteiger partial charge in [-0.3, -0.25) is 0 Å². The number of aromatic nitrogens is 5. The molecule has 14 heteroatoms. The summed E-state index contributed by atoms with van der Waals surface area (Å²) < 4.78 is 4.40. The summed E-state index contributed by atoms with van der Waals surface area (Å²) in [6.45, 7) is 0. The Labute approximate surface area is 595 Å². The van der Waals surface area contributed by atoms with Crippen molar-refractivity contribution in [1.82, 2.24) is 24.1 Å². The molecule has 104 heavy (non-hydrogen) atoms. The Morgan fingerprint density at radius 2 is 0.481 bits per heavy atom. The van der Waals surface area contributed by atoms with Crippen LogP contribution in [-0.2, 0) is 0 Å². The predicted molar refractivity (Wildman–Crippen MR) is 400 cm³/mol. The van der Waals surface area contributed by atoms with Gasteiger partial charge in [0.2, 0.25) is 0 Å². The van der Waals surface area contributed by atoms with E-state index in [-0.39, 0.29) is 0 Å². The summed E-state index contributed by atoms with van der Waals surface area (Å²) in [7, 11) is 0. The molecule has 0 bridgehead atoms. The zero-order valence-corrected chi connectivity index (χ0v) is 54.7. The van der Waals surface area contributed by atoms with E-state index >= 15 is 0 Å². The third-order valence-corrected chi connectivity index (χ3v) is 18.7.